The van der Waals surface area contributed by atoms with Crippen LogP contribution in [0, 0.1) is 5.92 Å². The lowest BCUT2D eigenvalue weighted by Gasteiger charge is -2.27. The average molecular weight is 274 g/mol. The maximum Gasteiger partial charge on any atom is 0.262 e. The third-order valence-corrected chi connectivity index (χ3v) is 4.21. The van der Waals surface area contributed by atoms with Crippen LogP contribution in [0.5, 0.6) is 5.75 Å². The molecule has 3 rings (SSSR count). The van der Waals surface area contributed by atoms with Crippen molar-refractivity contribution < 1.29 is 9.53 Å². The SMILES string of the molecule is CC1CCCC(NCc2ccc3c(c2)NC(=O)CO3)C1. The largest absolute Gasteiger partial charge is 0.482 e. The number of benzene rings is 1. The summed E-state index contributed by atoms with van der Waals surface area (Å²) in [4.78, 5) is 11.3. The van der Waals surface area contributed by atoms with Crippen molar-refractivity contribution in [2.24, 2.45) is 5.92 Å². The molecular formula is C16H22N2O2. The molecule has 2 N–H and O–H groups in total. The monoisotopic (exact) mass is 274 g/mol. The molecule has 0 aromatic heterocycles. The first-order valence-corrected chi connectivity index (χ1v) is 7.49. The number of nitrogens with one attached hydrogen (secondary N) is 2. The van der Waals surface area contributed by atoms with Crippen LogP contribution in [0.1, 0.15) is 38.2 Å². The summed E-state index contributed by atoms with van der Waals surface area (Å²) in [6.07, 6.45) is 5.23. The summed E-state index contributed by atoms with van der Waals surface area (Å²) in [6, 6.07) is 6.64. The lowest BCUT2D eigenvalue weighted by atomic mass is 9.87. The van der Waals surface area contributed by atoms with E-state index in [0.717, 1.165) is 23.9 Å². The fourth-order valence-electron chi connectivity index (χ4n) is 3.12. The highest BCUT2D eigenvalue weighted by molar-refractivity contribution is 5.95. The minimum absolute atomic E-state index is 0.0799. The quantitative estimate of drug-likeness (QED) is 0.891. The summed E-state index contributed by atoms with van der Waals surface area (Å²) in [5, 5.41) is 6.49. The zero-order valence-electron chi connectivity index (χ0n) is 11.9. The van der Waals surface area contributed by atoms with Gasteiger partial charge in [-0.2, -0.15) is 0 Å². The molecule has 1 heterocycles. The Kier molecular flexibility index (Phi) is 3.92. The van der Waals surface area contributed by atoms with Crippen LogP contribution in [-0.2, 0) is 11.3 Å². The van der Waals surface area contributed by atoms with Gasteiger partial charge in [0.2, 0.25) is 0 Å². The number of ether oxygens (including phenoxy) is 1. The number of hydrogen-bond acceptors (Lipinski definition) is 3. The van der Waals surface area contributed by atoms with Gasteiger partial charge in [0.25, 0.3) is 5.91 Å². The molecule has 2 unspecified atom stereocenters. The number of fused-ring (bicyclic) bond motifs is 1. The molecule has 0 spiro atoms. The van der Waals surface area contributed by atoms with Crippen molar-refractivity contribution in [2.75, 3.05) is 11.9 Å². The van der Waals surface area contributed by atoms with Crippen molar-refractivity contribution in [2.45, 2.75) is 45.2 Å². The van der Waals surface area contributed by atoms with Crippen molar-refractivity contribution in [1.82, 2.24) is 5.32 Å². The van der Waals surface area contributed by atoms with Crippen molar-refractivity contribution in [1.29, 1.82) is 0 Å². The Balaban J connectivity index is 1.60. The fourth-order valence-corrected chi connectivity index (χ4v) is 3.12. The Morgan fingerprint density at radius 1 is 1.40 bits per heavy atom. The smallest absolute Gasteiger partial charge is 0.262 e. The summed E-state index contributed by atoms with van der Waals surface area (Å²) < 4.78 is 5.37. The van der Waals surface area contributed by atoms with E-state index in [4.69, 9.17) is 4.74 Å². The second-order valence-electron chi connectivity index (χ2n) is 6.02. The molecule has 20 heavy (non-hydrogen) atoms. The molecule has 2 atom stereocenters. The van der Waals surface area contributed by atoms with E-state index < -0.39 is 0 Å². The van der Waals surface area contributed by atoms with E-state index in [0.29, 0.717) is 6.04 Å². The predicted molar refractivity (Wildman–Crippen MR) is 78.8 cm³/mol. The predicted octanol–water partition coefficient (Wildman–Crippen LogP) is 2.69. The summed E-state index contributed by atoms with van der Waals surface area (Å²) in [5.41, 5.74) is 1.98. The van der Waals surface area contributed by atoms with Gasteiger partial charge >= 0.3 is 0 Å². The minimum Gasteiger partial charge on any atom is -0.482 e. The lowest BCUT2D eigenvalue weighted by molar-refractivity contribution is -0.118. The van der Waals surface area contributed by atoms with E-state index in [2.05, 4.69) is 23.6 Å². The average Bonchev–Trinajstić information content (AvgIpc) is 2.45. The van der Waals surface area contributed by atoms with E-state index in [1.165, 1.54) is 31.2 Å². The molecule has 108 valence electrons. The second-order valence-corrected chi connectivity index (χ2v) is 6.02. The second kappa shape index (κ2) is 5.83. The van der Waals surface area contributed by atoms with Crippen LogP contribution >= 0.6 is 0 Å². The Morgan fingerprint density at radius 2 is 2.30 bits per heavy atom. The third-order valence-electron chi connectivity index (χ3n) is 4.21. The van der Waals surface area contributed by atoms with Gasteiger partial charge < -0.3 is 15.4 Å². The third kappa shape index (κ3) is 3.12. The van der Waals surface area contributed by atoms with Gasteiger partial charge in [-0.05, 0) is 36.5 Å². The van der Waals surface area contributed by atoms with Crippen LogP contribution in [-0.4, -0.2) is 18.6 Å². The van der Waals surface area contributed by atoms with Crippen LogP contribution in [0.25, 0.3) is 0 Å². The van der Waals surface area contributed by atoms with E-state index in [9.17, 15) is 4.79 Å². The first-order valence-electron chi connectivity index (χ1n) is 7.49. The molecular weight excluding hydrogens is 252 g/mol. The maximum atomic E-state index is 11.3. The highest BCUT2D eigenvalue weighted by Crippen LogP contribution is 2.29. The van der Waals surface area contributed by atoms with Gasteiger partial charge in [0, 0.05) is 12.6 Å². The van der Waals surface area contributed by atoms with Gasteiger partial charge in [0.15, 0.2) is 6.61 Å². The normalized spacial score (nSPS) is 25.6. The maximum absolute atomic E-state index is 11.3. The summed E-state index contributed by atoms with van der Waals surface area (Å²) in [6.45, 7) is 3.30. The summed E-state index contributed by atoms with van der Waals surface area (Å²) in [5.74, 6) is 1.51. The highest BCUT2D eigenvalue weighted by atomic mass is 16.5. The van der Waals surface area contributed by atoms with Crippen molar-refractivity contribution in [3.05, 3.63) is 23.8 Å². The molecule has 4 heteroatoms. The molecule has 1 aliphatic heterocycles. The molecule has 1 aromatic carbocycles. The molecule has 2 aliphatic rings. The number of carbonyl (C=O) groups is 1. The van der Waals surface area contributed by atoms with Crippen LogP contribution in [0.3, 0.4) is 0 Å². The highest BCUT2D eigenvalue weighted by Gasteiger charge is 2.19. The van der Waals surface area contributed by atoms with Crippen LogP contribution in [0.4, 0.5) is 5.69 Å². The van der Waals surface area contributed by atoms with Gasteiger partial charge in [0.05, 0.1) is 5.69 Å². The number of carbonyl (C=O) groups excluding carboxylic acids is 1. The minimum atomic E-state index is -0.0799. The summed E-state index contributed by atoms with van der Waals surface area (Å²) >= 11 is 0. The number of amides is 1. The number of rotatable bonds is 3. The Morgan fingerprint density at radius 3 is 3.15 bits per heavy atom. The van der Waals surface area contributed by atoms with Gasteiger partial charge in [-0.1, -0.05) is 25.8 Å². The zero-order valence-corrected chi connectivity index (χ0v) is 11.9. The van der Waals surface area contributed by atoms with Gasteiger partial charge in [-0.25, -0.2) is 0 Å². The molecule has 4 nitrogen and oxygen atoms in total. The van der Waals surface area contributed by atoms with Crippen LogP contribution in [0.2, 0.25) is 0 Å². The van der Waals surface area contributed by atoms with Gasteiger partial charge in [0.1, 0.15) is 5.75 Å². The van der Waals surface area contributed by atoms with E-state index in [1.807, 2.05) is 12.1 Å². The molecule has 0 saturated heterocycles. The van der Waals surface area contributed by atoms with Gasteiger partial charge in [-0.15, -0.1) is 0 Å². The van der Waals surface area contributed by atoms with E-state index in [-0.39, 0.29) is 12.5 Å². The molecule has 0 radical (unpaired) electrons. The zero-order chi connectivity index (χ0) is 13.9. The van der Waals surface area contributed by atoms with Crippen molar-refractivity contribution in [3.63, 3.8) is 0 Å². The molecule has 1 aromatic rings. The first-order chi connectivity index (χ1) is 9.70. The summed E-state index contributed by atoms with van der Waals surface area (Å²) in [7, 11) is 0. The molecule has 1 fully saturated rings. The molecule has 1 amide bonds. The fraction of sp³-hybridized carbons (Fsp3) is 0.562. The number of hydrogen-bond donors (Lipinski definition) is 2. The topological polar surface area (TPSA) is 50.4 Å². The van der Waals surface area contributed by atoms with Gasteiger partial charge in [-0.3, -0.25) is 4.79 Å². The Hall–Kier alpha value is -1.55. The Labute approximate surface area is 119 Å². The molecule has 1 aliphatic carbocycles. The number of anilines is 1. The standard InChI is InChI=1S/C16H22N2O2/c1-11-3-2-4-13(7-11)17-9-12-5-6-15-14(8-12)18-16(19)10-20-15/h5-6,8,11,13,17H,2-4,7,9-10H2,1H3,(H,18,19). The molecule has 0 bridgehead atoms. The Bertz CT molecular complexity index is 501. The van der Waals surface area contributed by atoms with E-state index in [1.54, 1.807) is 0 Å². The van der Waals surface area contributed by atoms with Crippen LogP contribution < -0.4 is 15.4 Å². The van der Waals surface area contributed by atoms with Crippen molar-refractivity contribution >= 4 is 11.6 Å². The first kappa shape index (κ1) is 13.4. The lowest BCUT2D eigenvalue weighted by Crippen LogP contribution is -2.33. The molecule has 1 saturated carbocycles. The van der Waals surface area contributed by atoms with E-state index >= 15 is 0 Å². The van der Waals surface area contributed by atoms with Crippen molar-refractivity contribution in [3.8, 4) is 5.75 Å². The van der Waals surface area contributed by atoms with Crippen LogP contribution in [0.15, 0.2) is 18.2 Å².